The SMILES string of the molecule is C1CCNC1.O=S1(=O)CCCC1. The molecule has 0 aromatic carbocycles. The van der Waals surface area contributed by atoms with Gasteiger partial charge in [0.1, 0.15) is 9.84 Å². The van der Waals surface area contributed by atoms with Crippen LogP contribution in [0.5, 0.6) is 0 Å². The van der Waals surface area contributed by atoms with E-state index in [1.807, 2.05) is 0 Å². The molecule has 3 nitrogen and oxygen atoms in total. The Labute approximate surface area is 74.5 Å². The Morgan fingerprint density at radius 1 is 0.833 bits per heavy atom. The average Bonchev–Trinajstić information content (AvgIpc) is 2.60. The van der Waals surface area contributed by atoms with Crippen LogP contribution in [0.25, 0.3) is 0 Å². The molecule has 2 rings (SSSR count). The van der Waals surface area contributed by atoms with E-state index in [0.29, 0.717) is 11.5 Å². The second kappa shape index (κ2) is 4.82. The highest BCUT2D eigenvalue weighted by Gasteiger charge is 2.16. The van der Waals surface area contributed by atoms with Crippen molar-refractivity contribution in [1.82, 2.24) is 5.32 Å². The average molecular weight is 191 g/mol. The first kappa shape index (κ1) is 9.99. The van der Waals surface area contributed by atoms with Crippen molar-refractivity contribution in [2.24, 2.45) is 0 Å². The van der Waals surface area contributed by atoms with Gasteiger partial charge in [0.2, 0.25) is 0 Å². The molecule has 0 amide bonds. The Bertz CT molecular complexity index is 187. The molecule has 0 aromatic rings. The lowest BCUT2D eigenvalue weighted by molar-refractivity contribution is 0.602. The van der Waals surface area contributed by atoms with Crippen molar-refractivity contribution in [3.8, 4) is 0 Å². The Kier molecular flexibility index (Phi) is 4.01. The van der Waals surface area contributed by atoms with Crippen molar-refractivity contribution >= 4 is 9.84 Å². The fourth-order valence-corrected chi connectivity index (χ4v) is 2.86. The molecule has 0 atom stereocenters. The van der Waals surface area contributed by atoms with Crippen LogP contribution in [-0.2, 0) is 9.84 Å². The van der Waals surface area contributed by atoms with Crippen molar-refractivity contribution in [3.05, 3.63) is 0 Å². The van der Waals surface area contributed by atoms with Gasteiger partial charge in [-0.1, -0.05) is 0 Å². The highest BCUT2D eigenvalue weighted by Crippen LogP contribution is 2.08. The molecule has 2 aliphatic rings. The molecular formula is C8H17NO2S. The molecule has 2 fully saturated rings. The summed E-state index contributed by atoms with van der Waals surface area (Å²) in [6.07, 6.45) is 4.53. The second-order valence-electron chi connectivity index (χ2n) is 3.32. The van der Waals surface area contributed by atoms with Crippen molar-refractivity contribution < 1.29 is 8.42 Å². The largest absolute Gasteiger partial charge is 0.317 e. The van der Waals surface area contributed by atoms with Crippen molar-refractivity contribution in [1.29, 1.82) is 0 Å². The van der Waals surface area contributed by atoms with Crippen LogP contribution >= 0.6 is 0 Å². The number of hydrogen-bond acceptors (Lipinski definition) is 3. The lowest BCUT2D eigenvalue weighted by Gasteiger charge is -1.81. The maximum atomic E-state index is 10.4. The molecule has 0 saturated carbocycles. The lowest BCUT2D eigenvalue weighted by Crippen LogP contribution is -2.03. The number of sulfone groups is 1. The molecule has 0 spiro atoms. The van der Waals surface area contributed by atoms with E-state index in [1.165, 1.54) is 25.9 Å². The summed E-state index contributed by atoms with van der Waals surface area (Å²) >= 11 is 0. The first-order chi connectivity index (χ1) is 5.71. The van der Waals surface area contributed by atoms with Gasteiger partial charge in [-0.15, -0.1) is 0 Å². The fourth-order valence-electron chi connectivity index (χ4n) is 1.37. The summed E-state index contributed by atoms with van der Waals surface area (Å²) in [5.41, 5.74) is 0. The lowest BCUT2D eigenvalue weighted by atomic mass is 10.4. The second-order valence-corrected chi connectivity index (χ2v) is 5.62. The first-order valence-electron chi connectivity index (χ1n) is 4.62. The monoisotopic (exact) mass is 191 g/mol. The summed E-state index contributed by atoms with van der Waals surface area (Å²) in [5, 5.41) is 3.22. The molecule has 0 unspecified atom stereocenters. The zero-order valence-corrected chi connectivity index (χ0v) is 8.20. The normalized spacial score (nSPS) is 26.3. The molecule has 12 heavy (non-hydrogen) atoms. The Morgan fingerprint density at radius 3 is 1.50 bits per heavy atom. The van der Waals surface area contributed by atoms with E-state index in [-0.39, 0.29) is 0 Å². The van der Waals surface area contributed by atoms with E-state index >= 15 is 0 Å². The van der Waals surface area contributed by atoms with E-state index in [2.05, 4.69) is 5.32 Å². The van der Waals surface area contributed by atoms with Crippen LogP contribution in [0.3, 0.4) is 0 Å². The molecule has 2 heterocycles. The highest BCUT2D eigenvalue weighted by atomic mass is 32.2. The molecule has 0 aliphatic carbocycles. The molecule has 0 aromatic heterocycles. The van der Waals surface area contributed by atoms with Crippen LogP contribution in [0.2, 0.25) is 0 Å². The van der Waals surface area contributed by atoms with Crippen LogP contribution in [0.1, 0.15) is 25.7 Å². The summed E-state index contributed by atoms with van der Waals surface area (Å²) in [4.78, 5) is 0. The zero-order chi connectivity index (χ0) is 8.86. The third-order valence-corrected chi connectivity index (χ3v) is 3.94. The van der Waals surface area contributed by atoms with Gasteiger partial charge in [-0.05, 0) is 38.8 Å². The summed E-state index contributed by atoms with van der Waals surface area (Å²) < 4.78 is 20.9. The topological polar surface area (TPSA) is 46.2 Å². The van der Waals surface area contributed by atoms with Gasteiger partial charge in [-0.25, -0.2) is 8.42 Å². The van der Waals surface area contributed by atoms with Crippen molar-refractivity contribution in [3.63, 3.8) is 0 Å². The van der Waals surface area contributed by atoms with Crippen LogP contribution in [0.15, 0.2) is 0 Å². The minimum Gasteiger partial charge on any atom is -0.317 e. The molecule has 1 N–H and O–H groups in total. The third-order valence-electron chi connectivity index (χ3n) is 2.12. The molecule has 2 saturated heterocycles. The Hall–Kier alpha value is -0.0900. The molecule has 0 bridgehead atoms. The Balaban J connectivity index is 0.000000127. The predicted octanol–water partition coefficient (Wildman–Crippen LogP) is 0.565. The highest BCUT2D eigenvalue weighted by molar-refractivity contribution is 7.91. The van der Waals surface area contributed by atoms with Gasteiger partial charge in [0, 0.05) is 0 Å². The minimum absolute atomic E-state index is 0.424. The maximum Gasteiger partial charge on any atom is 0.150 e. The molecule has 4 heteroatoms. The number of nitrogens with one attached hydrogen (secondary N) is 1. The van der Waals surface area contributed by atoms with E-state index in [9.17, 15) is 8.42 Å². The minimum atomic E-state index is -2.55. The van der Waals surface area contributed by atoms with Gasteiger partial charge < -0.3 is 5.32 Å². The molecule has 0 radical (unpaired) electrons. The van der Waals surface area contributed by atoms with Gasteiger partial charge in [0.15, 0.2) is 0 Å². The van der Waals surface area contributed by atoms with Crippen LogP contribution in [0.4, 0.5) is 0 Å². The van der Waals surface area contributed by atoms with Gasteiger partial charge in [0.05, 0.1) is 11.5 Å². The first-order valence-corrected chi connectivity index (χ1v) is 6.44. The van der Waals surface area contributed by atoms with E-state index in [1.54, 1.807) is 0 Å². The summed E-state index contributed by atoms with van der Waals surface area (Å²) in [6, 6.07) is 0. The van der Waals surface area contributed by atoms with Crippen molar-refractivity contribution in [2.75, 3.05) is 24.6 Å². The van der Waals surface area contributed by atoms with E-state index < -0.39 is 9.84 Å². The summed E-state index contributed by atoms with van der Waals surface area (Å²) in [7, 11) is -2.55. The summed E-state index contributed by atoms with van der Waals surface area (Å²) in [5.74, 6) is 0.847. The molecule has 72 valence electrons. The van der Waals surface area contributed by atoms with E-state index in [4.69, 9.17) is 0 Å². The van der Waals surface area contributed by atoms with Gasteiger partial charge in [0.25, 0.3) is 0 Å². The quantitative estimate of drug-likeness (QED) is 0.608. The van der Waals surface area contributed by atoms with Gasteiger partial charge in [-0.3, -0.25) is 0 Å². The van der Waals surface area contributed by atoms with Gasteiger partial charge >= 0.3 is 0 Å². The predicted molar refractivity (Wildman–Crippen MR) is 50.0 cm³/mol. The van der Waals surface area contributed by atoms with E-state index in [0.717, 1.165) is 12.8 Å². The fraction of sp³-hybridized carbons (Fsp3) is 1.00. The number of rotatable bonds is 0. The van der Waals surface area contributed by atoms with Crippen LogP contribution in [-0.4, -0.2) is 33.0 Å². The van der Waals surface area contributed by atoms with Crippen molar-refractivity contribution in [2.45, 2.75) is 25.7 Å². The maximum absolute atomic E-state index is 10.4. The molecular weight excluding hydrogens is 174 g/mol. The Morgan fingerprint density at radius 2 is 1.33 bits per heavy atom. The molecule has 2 aliphatic heterocycles. The van der Waals surface area contributed by atoms with Gasteiger partial charge in [-0.2, -0.15) is 0 Å². The third kappa shape index (κ3) is 4.07. The summed E-state index contributed by atoms with van der Waals surface area (Å²) in [6.45, 7) is 2.50. The van der Waals surface area contributed by atoms with Crippen LogP contribution < -0.4 is 5.32 Å². The number of hydrogen-bond donors (Lipinski definition) is 1. The standard InChI is InChI=1S/C4H9N.C4H8O2S/c1-2-4-5-3-1;5-7(6)3-1-2-4-7/h5H,1-4H2;1-4H2. The zero-order valence-electron chi connectivity index (χ0n) is 7.38. The van der Waals surface area contributed by atoms with Crippen LogP contribution in [0, 0.1) is 0 Å². The smallest absolute Gasteiger partial charge is 0.150 e.